The standard InChI is InChI=1S/C15H29NO/c1-2-15(9-3-4-10-15)13-16-11-5-7-14-8-6-12-17-14/h14,16H,2-13H2,1H3. The van der Waals surface area contributed by atoms with Gasteiger partial charge in [0.05, 0.1) is 6.10 Å². The molecule has 100 valence electrons. The maximum absolute atomic E-state index is 5.65. The summed E-state index contributed by atoms with van der Waals surface area (Å²) in [5, 5.41) is 3.69. The van der Waals surface area contributed by atoms with Crippen molar-refractivity contribution in [1.82, 2.24) is 5.32 Å². The van der Waals surface area contributed by atoms with Crippen molar-refractivity contribution in [2.24, 2.45) is 5.41 Å². The largest absolute Gasteiger partial charge is 0.378 e. The van der Waals surface area contributed by atoms with Gasteiger partial charge in [0.1, 0.15) is 0 Å². The summed E-state index contributed by atoms with van der Waals surface area (Å²) in [7, 11) is 0. The third-order valence-electron chi connectivity index (χ3n) is 4.82. The minimum atomic E-state index is 0.573. The van der Waals surface area contributed by atoms with Crippen LogP contribution in [0.25, 0.3) is 0 Å². The molecule has 0 aromatic rings. The van der Waals surface area contributed by atoms with Gasteiger partial charge in [-0.2, -0.15) is 0 Å². The number of ether oxygens (including phenoxy) is 1. The fourth-order valence-electron chi connectivity index (χ4n) is 3.46. The van der Waals surface area contributed by atoms with Crippen molar-refractivity contribution in [3.63, 3.8) is 0 Å². The highest BCUT2D eigenvalue weighted by atomic mass is 16.5. The molecule has 1 N–H and O–H groups in total. The Morgan fingerprint density at radius 2 is 2.06 bits per heavy atom. The second-order valence-corrected chi connectivity index (χ2v) is 6.01. The molecule has 2 nitrogen and oxygen atoms in total. The lowest BCUT2D eigenvalue weighted by molar-refractivity contribution is 0.102. The summed E-state index contributed by atoms with van der Waals surface area (Å²) in [5.41, 5.74) is 0.643. The second-order valence-electron chi connectivity index (χ2n) is 6.01. The van der Waals surface area contributed by atoms with E-state index in [4.69, 9.17) is 4.74 Å². The Bertz CT molecular complexity index is 205. The minimum absolute atomic E-state index is 0.573. The molecule has 0 aromatic heterocycles. The normalized spacial score (nSPS) is 27.7. The molecule has 1 aliphatic carbocycles. The first-order valence-electron chi connectivity index (χ1n) is 7.67. The van der Waals surface area contributed by atoms with Gasteiger partial charge in [0.15, 0.2) is 0 Å². The number of hydrogen-bond donors (Lipinski definition) is 1. The van der Waals surface area contributed by atoms with Crippen LogP contribution in [0.2, 0.25) is 0 Å². The molecule has 0 spiro atoms. The number of nitrogens with one attached hydrogen (secondary N) is 1. The van der Waals surface area contributed by atoms with E-state index in [0.717, 1.165) is 6.61 Å². The lowest BCUT2D eigenvalue weighted by atomic mass is 9.83. The van der Waals surface area contributed by atoms with Gasteiger partial charge in [0.2, 0.25) is 0 Å². The quantitative estimate of drug-likeness (QED) is 0.687. The number of hydrogen-bond acceptors (Lipinski definition) is 2. The molecule has 2 heteroatoms. The van der Waals surface area contributed by atoms with Crippen LogP contribution in [0.5, 0.6) is 0 Å². The Balaban J connectivity index is 1.53. The zero-order valence-corrected chi connectivity index (χ0v) is 11.5. The van der Waals surface area contributed by atoms with E-state index in [2.05, 4.69) is 12.2 Å². The van der Waals surface area contributed by atoms with Crippen LogP contribution in [0.1, 0.15) is 64.7 Å². The van der Waals surface area contributed by atoms with E-state index in [0.29, 0.717) is 11.5 Å². The van der Waals surface area contributed by atoms with Crippen molar-refractivity contribution in [2.45, 2.75) is 70.8 Å². The van der Waals surface area contributed by atoms with Crippen molar-refractivity contribution >= 4 is 0 Å². The van der Waals surface area contributed by atoms with Gasteiger partial charge in [-0.25, -0.2) is 0 Å². The Hall–Kier alpha value is -0.0800. The first-order chi connectivity index (χ1) is 8.35. The lowest BCUT2D eigenvalue weighted by Gasteiger charge is -2.27. The summed E-state index contributed by atoms with van der Waals surface area (Å²) >= 11 is 0. The molecule has 0 bridgehead atoms. The highest BCUT2D eigenvalue weighted by Gasteiger charge is 2.31. The molecule has 1 atom stereocenters. The predicted octanol–water partition coefficient (Wildman–Crippen LogP) is 3.51. The van der Waals surface area contributed by atoms with Crippen molar-refractivity contribution in [1.29, 1.82) is 0 Å². The van der Waals surface area contributed by atoms with Gasteiger partial charge in [-0.15, -0.1) is 0 Å². The Labute approximate surface area is 107 Å². The molecule has 1 heterocycles. The summed E-state index contributed by atoms with van der Waals surface area (Å²) in [5.74, 6) is 0. The van der Waals surface area contributed by atoms with Crippen molar-refractivity contribution in [2.75, 3.05) is 19.7 Å². The average molecular weight is 239 g/mol. The summed E-state index contributed by atoms with van der Waals surface area (Å²) < 4.78 is 5.65. The smallest absolute Gasteiger partial charge is 0.0576 e. The summed E-state index contributed by atoms with van der Waals surface area (Å²) in [6.07, 6.45) is 12.8. The third-order valence-corrected chi connectivity index (χ3v) is 4.82. The van der Waals surface area contributed by atoms with E-state index >= 15 is 0 Å². The molecule has 2 fully saturated rings. The monoisotopic (exact) mass is 239 g/mol. The van der Waals surface area contributed by atoms with E-state index in [-0.39, 0.29) is 0 Å². The van der Waals surface area contributed by atoms with Crippen molar-refractivity contribution in [3.05, 3.63) is 0 Å². The fourth-order valence-corrected chi connectivity index (χ4v) is 3.46. The molecule has 1 aliphatic heterocycles. The van der Waals surface area contributed by atoms with Crippen LogP contribution < -0.4 is 5.32 Å². The van der Waals surface area contributed by atoms with Gasteiger partial charge < -0.3 is 10.1 Å². The predicted molar refractivity (Wildman–Crippen MR) is 72.3 cm³/mol. The Kier molecular flexibility index (Phi) is 5.30. The van der Waals surface area contributed by atoms with Gasteiger partial charge in [-0.1, -0.05) is 19.8 Å². The van der Waals surface area contributed by atoms with E-state index in [1.54, 1.807) is 0 Å². The SMILES string of the molecule is CCC1(CNCCCC2CCCO2)CCCC1. The summed E-state index contributed by atoms with van der Waals surface area (Å²) in [4.78, 5) is 0. The van der Waals surface area contributed by atoms with E-state index < -0.39 is 0 Å². The maximum Gasteiger partial charge on any atom is 0.0576 e. The van der Waals surface area contributed by atoms with E-state index in [9.17, 15) is 0 Å². The summed E-state index contributed by atoms with van der Waals surface area (Å²) in [6.45, 7) is 5.78. The first-order valence-corrected chi connectivity index (χ1v) is 7.67. The molecule has 0 amide bonds. The molecule has 17 heavy (non-hydrogen) atoms. The van der Waals surface area contributed by atoms with Crippen LogP contribution >= 0.6 is 0 Å². The van der Waals surface area contributed by atoms with E-state index in [1.807, 2.05) is 0 Å². The van der Waals surface area contributed by atoms with Crippen LogP contribution in [0.15, 0.2) is 0 Å². The van der Waals surface area contributed by atoms with Crippen LogP contribution in [0.3, 0.4) is 0 Å². The molecule has 0 aromatic carbocycles. The molecule has 1 unspecified atom stereocenters. The van der Waals surface area contributed by atoms with Gasteiger partial charge in [-0.3, -0.25) is 0 Å². The topological polar surface area (TPSA) is 21.3 Å². The van der Waals surface area contributed by atoms with Crippen LogP contribution in [-0.4, -0.2) is 25.8 Å². The van der Waals surface area contributed by atoms with Crippen LogP contribution in [0.4, 0.5) is 0 Å². The van der Waals surface area contributed by atoms with Gasteiger partial charge in [-0.05, 0) is 56.9 Å². The summed E-state index contributed by atoms with van der Waals surface area (Å²) in [6, 6.07) is 0. The molecular formula is C15H29NO. The van der Waals surface area contributed by atoms with Crippen molar-refractivity contribution < 1.29 is 4.74 Å². The van der Waals surface area contributed by atoms with Crippen LogP contribution in [0, 0.1) is 5.41 Å². The van der Waals surface area contributed by atoms with Crippen LogP contribution in [-0.2, 0) is 4.74 Å². The van der Waals surface area contributed by atoms with Gasteiger partial charge in [0.25, 0.3) is 0 Å². The third kappa shape index (κ3) is 3.96. The Morgan fingerprint density at radius 3 is 2.71 bits per heavy atom. The average Bonchev–Trinajstić information content (AvgIpc) is 3.00. The molecular weight excluding hydrogens is 210 g/mol. The highest BCUT2D eigenvalue weighted by Crippen LogP contribution is 2.40. The zero-order valence-electron chi connectivity index (χ0n) is 11.5. The Morgan fingerprint density at radius 1 is 1.24 bits per heavy atom. The zero-order chi connectivity index (χ0) is 12.0. The minimum Gasteiger partial charge on any atom is -0.378 e. The fraction of sp³-hybridized carbons (Fsp3) is 1.00. The van der Waals surface area contributed by atoms with Gasteiger partial charge >= 0.3 is 0 Å². The molecule has 0 radical (unpaired) electrons. The van der Waals surface area contributed by atoms with Crippen molar-refractivity contribution in [3.8, 4) is 0 Å². The lowest BCUT2D eigenvalue weighted by Crippen LogP contribution is -2.32. The van der Waals surface area contributed by atoms with E-state index in [1.165, 1.54) is 70.9 Å². The first kappa shape index (κ1) is 13.4. The molecule has 2 rings (SSSR count). The number of rotatable bonds is 7. The molecule has 2 aliphatic rings. The maximum atomic E-state index is 5.65. The molecule has 1 saturated heterocycles. The second kappa shape index (κ2) is 6.75. The highest BCUT2D eigenvalue weighted by molar-refractivity contribution is 4.85. The molecule has 1 saturated carbocycles. The van der Waals surface area contributed by atoms with Gasteiger partial charge in [0, 0.05) is 13.2 Å².